The van der Waals surface area contributed by atoms with Crippen molar-refractivity contribution in [3.63, 3.8) is 0 Å². The Morgan fingerprint density at radius 3 is 2.91 bits per heavy atom. The van der Waals surface area contributed by atoms with E-state index >= 15 is 0 Å². The van der Waals surface area contributed by atoms with Crippen LogP contribution in [0.15, 0.2) is 6.33 Å². The summed E-state index contributed by atoms with van der Waals surface area (Å²) in [6.45, 7) is 4.01. The van der Waals surface area contributed by atoms with Crippen molar-refractivity contribution in [1.29, 1.82) is 0 Å². The standard InChI is InChI=1S/C14H19N5O2S/c1-4-20-6-5-7-21-14-17-10-11-9(16-8-19(11)3)12(15-2)18-13(10)22-14/h8H,4-7H2,1-3H3,(H,15,18). The number of aromatic nitrogens is 4. The van der Waals surface area contributed by atoms with Crippen LogP contribution in [0.1, 0.15) is 13.3 Å². The number of thiazole rings is 1. The zero-order valence-corrected chi connectivity index (χ0v) is 13.7. The predicted molar refractivity (Wildman–Crippen MR) is 87.8 cm³/mol. The molecule has 3 aromatic rings. The highest BCUT2D eigenvalue weighted by Gasteiger charge is 2.16. The number of imidazole rings is 1. The molecule has 0 unspecified atom stereocenters. The highest BCUT2D eigenvalue weighted by Crippen LogP contribution is 2.33. The third kappa shape index (κ3) is 2.71. The lowest BCUT2D eigenvalue weighted by Gasteiger charge is -2.01. The van der Waals surface area contributed by atoms with Crippen LogP contribution in [0.25, 0.3) is 21.4 Å². The average molecular weight is 321 g/mol. The van der Waals surface area contributed by atoms with E-state index in [2.05, 4.69) is 20.3 Å². The second-order valence-electron chi connectivity index (χ2n) is 4.80. The zero-order valence-electron chi connectivity index (χ0n) is 12.9. The number of fused-ring (bicyclic) bond motifs is 3. The number of hydrogen-bond acceptors (Lipinski definition) is 7. The maximum atomic E-state index is 5.71. The topological polar surface area (TPSA) is 74.1 Å². The number of anilines is 1. The van der Waals surface area contributed by atoms with Gasteiger partial charge in [-0.1, -0.05) is 11.3 Å². The molecule has 0 radical (unpaired) electrons. The van der Waals surface area contributed by atoms with Gasteiger partial charge < -0.3 is 19.4 Å². The number of nitrogens with zero attached hydrogens (tertiary/aromatic N) is 4. The van der Waals surface area contributed by atoms with Crippen molar-refractivity contribution in [1.82, 2.24) is 19.5 Å². The molecule has 0 spiro atoms. The van der Waals surface area contributed by atoms with Crippen molar-refractivity contribution >= 4 is 38.5 Å². The highest BCUT2D eigenvalue weighted by molar-refractivity contribution is 7.20. The minimum absolute atomic E-state index is 0.591. The van der Waals surface area contributed by atoms with Crippen molar-refractivity contribution in [3.05, 3.63) is 6.33 Å². The normalized spacial score (nSPS) is 11.4. The first kappa shape index (κ1) is 15.0. The fraction of sp³-hybridized carbons (Fsp3) is 0.500. The quantitative estimate of drug-likeness (QED) is 0.674. The van der Waals surface area contributed by atoms with Gasteiger partial charge >= 0.3 is 0 Å². The third-order valence-electron chi connectivity index (χ3n) is 3.29. The molecule has 8 heteroatoms. The highest BCUT2D eigenvalue weighted by atomic mass is 32.1. The second kappa shape index (κ2) is 6.45. The van der Waals surface area contributed by atoms with E-state index in [-0.39, 0.29) is 0 Å². The third-order valence-corrected chi connectivity index (χ3v) is 4.15. The van der Waals surface area contributed by atoms with Gasteiger partial charge in [0.2, 0.25) is 0 Å². The smallest absolute Gasteiger partial charge is 0.275 e. The first-order valence-corrected chi connectivity index (χ1v) is 8.06. The maximum Gasteiger partial charge on any atom is 0.275 e. The molecule has 118 valence electrons. The Morgan fingerprint density at radius 1 is 1.27 bits per heavy atom. The first-order valence-electron chi connectivity index (χ1n) is 7.24. The van der Waals surface area contributed by atoms with Gasteiger partial charge in [-0.15, -0.1) is 0 Å². The molecule has 0 saturated carbocycles. The summed E-state index contributed by atoms with van der Waals surface area (Å²) in [5.74, 6) is 0.759. The van der Waals surface area contributed by atoms with Crippen molar-refractivity contribution in [3.8, 4) is 5.19 Å². The fourth-order valence-electron chi connectivity index (χ4n) is 2.26. The minimum atomic E-state index is 0.591. The molecular formula is C14H19N5O2S. The molecule has 0 aromatic carbocycles. The SMILES string of the molecule is CCOCCCOc1nc2c(nc(NC)c3ncn(C)c32)s1. The van der Waals surface area contributed by atoms with E-state index in [1.165, 1.54) is 11.3 Å². The maximum absolute atomic E-state index is 5.71. The van der Waals surface area contributed by atoms with Crippen LogP contribution >= 0.6 is 11.3 Å². The van der Waals surface area contributed by atoms with Crippen LogP contribution in [0.5, 0.6) is 5.19 Å². The van der Waals surface area contributed by atoms with E-state index in [1.807, 2.05) is 25.6 Å². The Hall–Kier alpha value is -1.93. The van der Waals surface area contributed by atoms with Gasteiger partial charge in [-0.05, 0) is 6.92 Å². The number of aryl methyl sites for hydroxylation is 1. The van der Waals surface area contributed by atoms with Gasteiger partial charge in [-0.2, -0.15) is 4.98 Å². The number of nitrogens with one attached hydrogen (secondary N) is 1. The molecule has 22 heavy (non-hydrogen) atoms. The molecule has 3 aromatic heterocycles. The average Bonchev–Trinajstić information content (AvgIpc) is 3.09. The van der Waals surface area contributed by atoms with Gasteiger partial charge in [0.1, 0.15) is 16.6 Å². The molecule has 0 atom stereocenters. The zero-order chi connectivity index (χ0) is 15.5. The van der Waals surface area contributed by atoms with Gasteiger partial charge in [0, 0.05) is 33.7 Å². The molecule has 0 aliphatic rings. The lowest BCUT2D eigenvalue weighted by atomic mass is 10.3. The Labute approximate surface area is 132 Å². The van der Waals surface area contributed by atoms with Crippen LogP contribution in [0, 0.1) is 0 Å². The van der Waals surface area contributed by atoms with Crippen LogP contribution in [-0.4, -0.2) is 46.4 Å². The summed E-state index contributed by atoms with van der Waals surface area (Å²) in [4.78, 5) is 14.4. The summed E-state index contributed by atoms with van der Waals surface area (Å²) >= 11 is 1.45. The molecule has 0 aliphatic carbocycles. The predicted octanol–water partition coefficient (Wildman–Crippen LogP) is 2.43. The second-order valence-corrected chi connectivity index (χ2v) is 5.74. The summed E-state index contributed by atoms with van der Waals surface area (Å²) in [5, 5.41) is 3.72. The minimum Gasteiger partial charge on any atom is -0.470 e. The first-order chi connectivity index (χ1) is 10.7. The number of hydrogen-bond donors (Lipinski definition) is 1. The molecule has 1 N–H and O–H groups in total. The van der Waals surface area contributed by atoms with Crippen LogP contribution in [-0.2, 0) is 11.8 Å². The number of ether oxygens (including phenoxy) is 2. The molecule has 0 amide bonds. The van der Waals surface area contributed by atoms with Crippen LogP contribution < -0.4 is 10.1 Å². The van der Waals surface area contributed by atoms with Crippen molar-refractivity contribution in [2.24, 2.45) is 7.05 Å². The van der Waals surface area contributed by atoms with Crippen molar-refractivity contribution in [2.45, 2.75) is 13.3 Å². The van der Waals surface area contributed by atoms with Gasteiger partial charge in [0.25, 0.3) is 5.19 Å². The number of pyridine rings is 1. The summed E-state index contributed by atoms with van der Waals surface area (Å²) < 4.78 is 13.0. The largest absolute Gasteiger partial charge is 0.470 e. The molecule has 7 nitrogen and oxygen atoms in total. The summed E-state index contributed by atoms with van der Waals surface area (Å²) in [6, 6.07) is 0. The molecule has 0 aliphatic heterocycles. The van der Waals surface area contributed by atoms with E-state index in [0.29, 0.717) is 18.4 Å². The fourth-order valence-corrected chi connectivity index (χ4v) is 3.08. The summed E-state index contributed by atoms with van der Waals surface area (Å²) in [6.07, 6.45) is 2.62. The van der Waals surface area contributed by atoms with Crippen molar-refractivity contribution in [2.75, 3.05) is 32.2 Å². The van der Waals surface area contributed by atoms with E-state index in [1.54, 1.807) is 6.33 Å². The van der Waals surface area contributed by atoms with E-state index < -0.39 is 0 Å². The monoisotopic (exact) mass is 321 g/mol. The Balaban J connectivity index is 1.89. The van der Waals surface area contributed by atoms with Gasteiger partial charge in [-0.25, -0.2) is 9.97 Å². The lowest BCUT2D eigenvalue weighted by Crippen LogP contribution is -2.02. The van der Waals surface area contributed by atoms with Crippen LogP contribution in [0.3, 0.4) is 0 Å². The molecule has 3 rings (SSSR count). The number of rotatable bonds is 7. The Morgan fingerprint density at radius 2 is 2.14 bits per heavy atom. The Bertz CT molecular complexity index is 782. The molecular weight excluding hydrogens is 302 g/mol. The Kier molecular flexibility index (Phi) is 4.39. The van der Waals surface area contributed by atoms with E-state index in [9.17, 15) is 0 Å². The van der Waals surface area contributed by atoms with E-state index in [4.69, 9.17) is 9.47 Å². The van der Waals surface area contributed by atoms with Crippen molar-refractivity contribution < 1.29 is 9.47 Å². The lowest BCUT2D eigenvalue weighted by molar-refractivity contribution is 0.131. The van der Waals surface area contributed by atoms with Crippen LogP contribution in [0.2, 0.25) is 0 Å². The van der Waals surface area contributed by atoms with Gasteiger partial charge in [-0.3, -0.25) is 0 Å². The summed E-state index contributed by atoms with van der Waals surface area (Å²) in [5.41, 5.74) is 2.62. The molecule has 0 saturated heterocycles. The van der Waals surface area contributed by atoms with Gasteiger partial charge in [0.15, 0.2) is 10.6 Å². The molecule has 0 fully saturated rings. The van der Waals surface area contributed by atoms with Crippen LogP contribution in [0.4, 0.5) is 5.82 Å². The van der Waals surface area contributed by atoms with Gasteiger partial charge in [0.05, 0.1) is 12.9 Å². The molecule has 0 bridgehead atoms. The molecule has 3 heterocycles. The summed E-state index contributed by atoms with van der Waals surface area (Å²) in [7, 11) is 3.80. The van der Waals surface area contributed by atoms with E-state index in [0.717, 1.165) is 40.2 Å².